The number of rotatable bonds is 5. The van der Waals surface area contributed by atoms with Crippen molar-refractivity contribution in [3.8, 4) is 11.1 Å². The lowest BCUT2D eigenvalue weighted by atomic mass is 10.0. The third-order valence-electron chi connectivity index (χ3n) is 4.21. The highest BCUT2D eigenvalue weighted by molar-refractivity contribution is 5.96. The van der Waals surface area contributed by atoms with Crippen LogP contribution in [0, 0.1) is 0 Å². The Kier molecular flexibility index (Phi) is 4.07. The number of nitrogens with zero attached hydrogens (tertiary/aromatic N) is 2. The van der Waals surface area contributed by atoms with E-state index in [2.05, 4.69) is 20.3 Å². The van der Waals surface area contributed by atoms with Gasteiger partial charge in [0.2, 0.25) is 5.91 Å². The van der Waals surface area contributed by atoms with Gasteiger partial charge in [0.1, 0.15) is 11.5 Å². The Balaban J connectivity index is 1.69. The number of carbonyl (C=O) groups excluding carboxylic acids is 1. The summed E-state index contributed by atoms with van der Waals surface area (Å²) in [6, 6.07) is 15.2. The molecule has 0 spiro atoms. The van der Waals surface area contributed by atoms with E-state index in [9.17, 15) is 4.79 Å². The fourth-order valence-corrected chi connectivity index (χ4v) is 2.88. The van der Waals surface area contributed by atoms with Gasteiger partial charge in [0, 0.05) is 36.1 Å². The Morgan fingerprint density at radius 3 is 2.73 bits per heavy atom. The molecule has 3 aromatic heterocycles. The quantitative estimate of drug-likeness (QED) is 0.518. The van der Waals surface area contributed by atoms with Crippen molar-refractivity contribution in [3.63, 3.8) is 0 Å². The number of benzene rings is 1. The van der Waals surface area contributed by atoms with Crippen LogP contribution in [0.3, 0.4) is 0 Å². The van der Waals surface area contributed by atoms with E-state index in [1.54, 1.807) is 18.3 Å². The van der Waals surface area contributed by atoms with Crippen LogP contribution in [0.4, 0.5) is 5.82 Å². The van der Waals surface area contributed by atoms with Crippen molar-refractivity contribution in [2.24, 2.45) is 5.73 Å². The van der Waals surface area contributed by atoms with E-state index in [1.807, 2.05) is 48.8 Å². The van der Waals surface area contributed by atoms with Crippen LogP contribution < -0.4 is 11.1 Å². The molecule has 0 atom stereocenters. The van der Waals surface area contributed by atoms with Crippen LogP contribution in [0.15, 0.2) is 67.1 Å². The number of pyridine rings is 2. The maximum absolute atomic E-state index is 11.3. The molecule has 0 aliphatic heterocycles. The van der Waals surface area contributed by atoms with Crippen molar-refractivity contribution in [2.75, 3.05) is 5.32 Å². The standard InChI is InChI=1S/C20H17N5O/c21-19(26)15-5-3-14(4-6-15)17-10-18(25-20-16(17)7-9-23-20)24-12-13-2-1-8-22-11-13/h1-11H,12H2,(H2,21,26)(H2,23,24,25). The summed E-state index contributed by atoms with van der Waals surface area (Å²) in [6.45, 7) is 0.632. The van der Waals surface area contributed by atoms with Gasteiger partial charge < -0.3 is 16.0 Å². The first-order valence-electron chi connectivity index (χ1n) is 8.22. The van der Waals surface area contributed by atoms with Crippen molar-refractivity contribution in [3.05, 3.63) is 78.2 Å². The van der Waals surface area contributed by atoms with Crippen LogP contribution in [0.2, 0.25) is 0 Å². The molecule has 0 unspecified atom stereocenters. The van der Waals surface area contributed by atoms with E-state index in [4.69, 9.17) is 5.73 Å². The Morgan fingerprint density at radius 2 is 2.00 bits per heavy atom. The number of nitrogens with two attached hydrogens (primary N) is 1. The lowest BCUT2D eigenvalue weighted by Crippen LogP contribution is -2.10. The molecule has 0 saturated heterocycles. The molecule has 0 saturated carbocycles. The first kappa shape index (κ1) is 15.8. The van der Waals surface area contributed by atoms with Crippen LogP contribution in [0.5, 0.6) is 0 Å². The first-order chi connectivity index (χ1) is 12.7. The minimum atomic E-state index is -0.433. The van der Waals surface area contributed by atoms with Crippen molar-refractivity contribution in [1.29, 1.82) is 0 Å². The highest BCUT2D eigenvalue weighted by Crippen LogP contribution is 2.30. The number of aromatic nitrogens is 3. The normalized spacial score (nSPS) is 10.8. The predicted molar refractivity (Wildman–Crippen MR) is 102 cm³/mol. The van der Waals surface area contributed by atoms with Crippen LogP contribution in [-0.4, -0.2) is 20.9 Å². The maximum Gasteiger partial charge on any atom is 0.248 e. The SMILES string of the molecule is NC(=O)c1ccc(-c2cc(NCc3cccnc3)nc3[nH]ccc23)cc1. The zero-order valence-electron chi connectivity index (χ0n) is 13.9. The summed E-state index contributed by atoms with van der Waals surface area (Å²) >= 11 is 0. The topological polar surface area (TPSA) is 96.7 Å². The predicted octanol–water partition coefficient (Wildman–Crippen LogP) is 3.34. The number of fused-ring (bicyclic) bond motifs is 1. The van der Waals surface area contributed by atoms with Gasteiger partial charge in [-0.25, -0.2) is 4.98 Å². The molecular formula is C20H17N5O. The van der Waals surface area contributed by atoms with Gasteiger partial charge in [-0.2, -0.15) is 0 Å². The monoisotopic (exact) mass is 343 g/mol. The second-order valence-electron chi connectivity index (χ2n) is 5.95. The molecule has 26 heavy (non-hydrogen) atoms. The van der Waals surface area contributed by atoms with Crippen molar-refractivity contribution >= 4 is 22.8 Å². The zero-order chi connectivity index (χ0) is 17.9. The summed E-state index contributed by atoms with van der Waals surface area (Å²) in [5.74, 6) is 0.328. The molecule has 4 aromatic rings. The third kappa shape index (κ3) is 3.12. The van der Waals surface area contributed by atoms with Crippen molar-refractivity contribution < 1.29 is 4.79 Å². The van der Waals surface area contributed by atoms with E-state index in [-0.39, 0.29) is 0 Å². The average molecular weight is 343 g/mol. The molecule has 0 radical (unpaired) electrons. The van der Waals surface area contributed by atoms with Gasteiger partial charge in [-0.15, -0.1) is 0 Å². The Bertz CT molecular complexity index is 1050. The lowest BCUT2D eigenvalue weighted by molar-refractivity contribution is 0.100. The van der Waals surface area contributed by atoms with Gasteiger partial charge in [-0.3, -0.25) is 9.78 Å². The number of anilines is 1. The molecule has 6 nitrogen and oxygen atoms in total. The molecule has 0 bridgehead atoms. The zero-order valence-corrected chi connectivity index (χ0v) is 13.9. The molecule has 3 heterocycles. The molecule has 0 aliphatic rings. The van der Waals surface area contributed by atoms with Crippen LogP contribution in [0.25, 0.3) is 22.2 Å². The van der Waals surface area contributed by atoms with E-state index >= 15 is 0 Å². The molecular weight excluding hydrogens is 326 g/mol. The maximum atomic E-state index is 11.3. The number of nitrogens with one attached hydrogen (secondary N) is 2. The third-order valence-corrected chi connectivity index (χ3v) is 4.21. The molecule has 1 aromatic carbocycles. The van der Waals surface area contributed by atoms with Crippen LogP contribution >= 0.6 is 0 Å². The smallest absolute Gasteiger partial charge is 0.248 e. The summed E-state index contributed by atoms with van der Waals surface area (Å²) in [5, 5.41) is 4.35. The fraction of sp³-hybridized carbons (Fsp3) is 0.0500. The van der Waals surface area contributed by atoms with Crippen LogP contribution in [0.1, 0.15) is 15.9 Å². The van der Waals surface area contributed by atoms with E-state index in [0.717, 1.165) is 33.5 Å². The number of primary amides is 1. The number of aromatic amines is 1. The van der Waals surface area contributed by atoms with Gasteiger partial charge in [0.15, 0.2) is 0 Å². The minimum absolute atomic E-state index is 0.433. The molecule has 128 valence electrons. The number of carbonyl (C=O) groups is 1. The minimum Gasteiger partial charge on any atom is -0.366 e. The molecule has 0 fully saturated rings. The highest BCUT2D eigenvalue weighted by atomic mass is 16.1. The fourth-order valence-electron chi connectivity index (χ4n) is 2.88. The number of hydrogen-bond donors (Lipinski definition) is 3. The molecule has 4 N–H and O–H groups in total. The largest absolute Gasteiger partial charge is 0.366 e. The van der Waals surface area contributed by atoms with Crippen molar-refractivity contribution in [2.45, 2.75) is 6.54 Å². The summed E-state index contributed by atoms with van der Waals surface area (Å²) in [5.41, 5.74) is 9.71. The number of hydrogen-bond acceptors (Lipinski definition) is 4. The van der Waals surface area contributed by atoms with Crippen molar-refractivity contribution in [1.82, 2.24) is 15.0 Å². The van der Waals surface area contributed by atoms with Gasteiger partial charge >= 0.3 is 0 Å². The number of H-pyrrole nitrogens is 1. The second-order valence-corrected chi connectivity index (χ2v) is 5.95. The summed E-state index contributed by atoms with van der Waals surface area (Å²) in [4.78, 5) is 23.2. The molecule has 6 heteroatoms. The Labute approximate surface area is 150 Å². The van der Waals surface area contributed by atoms with Gasteiger partial charge in [-0.05, 0) is 47.0 Å². The van der Waals surface area contributed by atoms with Gasteiger partial charge in [0.05, 0.1) is 0 Å². The summed E-state index contributed by atoms with van der Waals surface area (Å²) in [6.07, 6.45) is 5.44. The summed E-state index contributed by atoms with van der Waals surface area (Å²) in [7, 11) is 0. The summed E-state index contributed by atoms with van der Waals surface area (Å²) < 4.78 is 0. The average Bonchev–Trinajstić information content (AvgIpc) is 3.15. The van der Waals surface area contributed by atoms with E-state index in [0.29, 0.717) is 12.1 Å². The Morgan fingerprint density at radius 1 is 1.15 bits per heavy atom. The molecule has 4 rings (SSSR count). The van der Waals surface area contributed by atoms with Gasteiger partial charge in [0.25, 0.3) is 0 Å². The number of amides is 1. The van der Waals surface area contributed by atoms with Gasteiger partial charge in [-0.1, -0.05) is 18.2 Å². The first-order valence-corrected chi connectivity index (χ1v) is 8.22. The second kappa shape index (κ2) is 6.68. The van der Waals surface area contributed by atoms with E-state index in [1.165, 1.54) is 0 Å². The van der Waals surface area contributed by atoms with Crippen LogP contribution in [-0.2, 0) is 6.54 Å². The molecule has 0 aliphatic carbocycles. The Hall–Kier alpha value is -3.67. The van der Waals surface area contributed by atoms with E-state index < -0.39 is 5.91 Å². The molecule has 1 amide bonds. The highest BCUT2D eigenvalue weighted by Gasteiger charge is 2.10. The lowest BCUT2D eigenvalue weighted by Gasteiger charge is -2.10.